The molecule has 1 rings (SSSR count). The molecule has 0 aliphatic carbocycles. The Kier molecular flexibility index (Phi) is 22.1. The molecule has 0 radical (unpaired) electrons. The lowest BCUT2D eigenvalue weighted by molar-refractivity contribution is -0.139. The van der Waals surface area contributed by atoms with Crippen molar-refractivity contribution >= 4 is 59.2 Å². The number of rotatable bonds is 26. The number of carboxylic acids is 1. The Labute approximate surface area is 336 Å². The van der Waals surface area contributed by atoms with E-state index in [2.05, 4.69) is 42.2 Å². The van der Waals surface area contributed by atoms with E-state index in [4.69, 9.17) is 28.0 Å². The van der Waals surface area contributed by atoms with Crippen molar-refractivity contribution in [3.05, 3.63) is 35.9 Å². The zero-order chi connectivity index (χ0) is 43.9. The molecule has 0 saturated carbocycles. The number of aliphatic carboxylic acids is 1. The van der Waals surface area contributed by atoms with Crippen molar-refractivity contribution in [2.45, 2.75) is 90.0 Å². The maximum Gasteiger partial charge on any atom is 0.322 e. The van der Waals surface area contributed by atoms with Gasteiger partial charge in [0.05, 0.1) is 25.6 Å². The average Bonchev–Trinajstić information content (AvgIpc) is 3.16. The molecule has 0 fully saturated rings. The third kappa shape index (κ3) is 19.5. The first kappa shape index (κ1) is 49.7. The summed E-state index contributed by atoms with van der Waals surface area (Å²) in [5.74, 6) is -8.67. The molecule has 0 saturated heterocycles. The third-order valence-corrected chi connectivity index (χ3v) is 8.64. The van der Waals surface area contributed by atoms with Crippen molar-refractivity contribution in [2.24, 2.45) is 39.8 Å². The summed E-state index contributed by atoms with van der Waals surface area (Å²) < 4.78 is 0. The standard InChI is InChI=1S/C36H58N12O10/c1-5-20(4)30(35(58)44-18-28(52)53)48-33(56)22(12-9-13-41-36(39)40)45-26(50)16-42-31(54)23(14-21-10-7-6-8-11-21)46-27(51)17-43-32(55)24(15-25(37)49)47-34(57)29(38)19(2)3/h6-8,10-11,19-20,22-24,29-30H,5,9,12-18,38H2,1-4H3,(H2,37,49)(H,42,54)(H,43,55)(H,44,58)(H,45,50)(H,46,51)(H,47,57)(H,48,56)(H,52,53)(H4,39,40,41)/t20-,22-,23-,24-,29-,30-/m0/s1. The van der Waals surface area contributed by atoms with E-state index in [1.807, 2.05) is 0 Å². The van der Waals surface area contributed by atoms with Crippen LogP contribution in [-0.2, 0) is 49.6 Å². The van der Waals surface area contributed by atoms with Crippen molar-refractivity contribution < 1.29 is 48.3 Å². The fourth-order valence-electron chi connectivity index (χ4n) is 5.11. The molecule has 1 aromatic rings. The van der Waals surface area contributed by atoms with Crippen LogP contribution in [0, 0.1) is 11.8 Å². The highest BCUT2D eigenvalue weighted by molar-refractivity contribution is 5.97. The van der Waals surface area contributed by atoms with Gasteiger partial charge in [-0.2, -0.15) is 0 Å². The summed E-state index contributed by atoms with van der Waals surface area (Å²) in [5, 5.41) is 25.9. The molecule has 0 aliphatic rings. The minimum atomic E-state index is -1.43. The highest BCUT2D eigenvalue weighted by atomic mass is 16.4. The van der Waals surface area contributed by atoms with Crippen LogP contribution in [0.15, 0.2) is 35.3 Å². The second-order valence-electron chi connectivity index (χ2n) is 13.8. The quantitative estimate of drug-likeness (QED) is 0.0239. The van der Waals surface area contributed by atoms with Crippen LogP contribution in [0.25, 0.3) is 0 Å². The number of hydrogen-bond donors (Lipinski definition) is 12. The molecule has 22 nitrogen and oxygen atoms in total. The molecule has 8 amide bonds. The Hall–Kier alpha value is -6.32. The summed E-state index contributed by atoms with van der Waals surface area (Å²) in [5.41, 5.74) is 22.5. The van der Waals surface area contributed by atoms with E-state index in [9.17, 15) is 43.2 Å². The predicted octanol–water partition coefficient (Wildman–Crippen LogP) is -4.44. The van der Waals surface area contributed by atoms with Crippen LogP contribution >= 0.6 is 0 Å². The number of benzene rings is 1. The molecule has 0 bridgehead atoms. The average molecular weight is 819 g/mol. The molecule has 0 unspecified atom stereocenters. The number of nitrogens with one attached hydrogen (secondary N) is 7. The van der Waals surface area contributed by atoms with Gasteiger partial charge < -0.3 is 65.3 Å². The molecule has 22 heteroatoms. The van der Waals surface area contributed by atoms with E-state index in [1.165, 1.54) is 0 Å². The first-order valence-corrected chi connectivity index (χ1v) is 18.6. The van der Waals surface area contributed by atoms with Gasteiger partial charge in [-0.05, 0) is 30.2 Å². The van der Waals surface area contributed by atoms with Crippen LogP contribution < -0.4 is 60.2 Å². The lowest BCUT2D eigenvalue weighted by Crippen LogP contribution is -2.57. The van der Waals surface area contributed by atoms with Crippen LogP contribution in [-0.4, -0.2) is 121 Å². The number of aliphatic imine (C=N–C) groups is 1. The zero-order valence-corrected chi connectivity index (χ0v) is 33.2. The second kappa shape index (κ2) is 25.8. The number of primary amides is 1. The number of nitrogens with two attached hydrogens (primary N) is 4. The maximum atomic E-state index is 13.4. The van der Waals surface area contributed by atoms with Gasteiger partial charge in [0.1, 0.15) is 30.7 Å². The van der Waals surface area contributed by atoms with Gasteiger partial charge >= 0.3 is 5.97 Å². The van der Waals surface area contributed by atoms with Gasteiger partial charge in [0, 0.05) is 13.0 Å². The van der Waals surface area contributed by atoms with Crippen LogP contribution in [0.2, 0.25) is 0 Å². The Balaban J connectivity index is 3.10. The molecular weight excluding hydrogens is 760 g/mol. The monoisotopic (exact) mass is 818 g/mol. The maximum absolute atomic E-state index is 13.4. The first-order chi connectivity index (χ1) is 27.2. The zero-order valence-electron chi connectivity index (χ0n) is 33.2. The van der Waals surface area contributed by atoms with Gasteiger partial charge in [0.2, 0.25) is 47.3 Å². The third-order valence-electron chi connectivity index (χ3n) is 8.64. The number of carboxylic acid groups (broad SMARTS) is 1. The number of nitrogens with zero attached hydrogens (tertiary/aromatic N) is 1. The Bertz CT molecular complexity index is 1620. The number of hydrogen-bond acceptors (Lipinski definition) is 11. The van der Waals surface area contributed by atoms with E-state index in [0.29, 0.717) is 12.0 Å². The molecular formula is C36H58N12O10. The van der Waals surface area contributed by atoms with E-state index >= 15 is 0 Å². The summed E-state index contributed by atoms with van der Waals surface area (Å²) in [7, 11) is 0. The summed E-state index contributed by atoms with van der Waals surface area (Å²) in [6.45, 7) is 4.90. The number of carbonyl (C=O) groups excluding carboxylic acids is 8. The molecule has 16 N–H and O–H groups in total. The van der Waals surface area contributed by atoms with Gasteiger partial charge in [-0.15, -0.1) is 0 Å². The molecule has 0 heterocycles. The topological polar surface area (TPSA) is 375 Å². The number of amides is 8. The van der Waals surface area contributed by atoms with Crippen LogP contribution in [0.4, 0.5) is 0 Å². The van der Waals surface area contributed by atoms with Gasteiger partial charge in [-0.1, -0.05) is 64.4 Å². The molecule has 322 valence electrons. The highest BCUT2D eigenvalue weighted by Gasteiger charge is 2.31. The van der Waals surface area contributed by atoms with Crippen molar-refractivity contribution in [3.8, 4) is 0 Å². The normalized spacial score (nSPS) is 13.8. The summed E-state index contributed by atoms with van der Waals surface area (Å²) >= 11 is 0. The SMILES string of the molecule is CC[C@H](C)[C@H](NC(=O)[C@H](CCCN=C(N)N)NC(=O)CNC(=O)[C@H](Cc1ccccc1)NC(=O)CNC(=O)[C@H](CC(N)=O)NC(=O)[C@@H](N)C(C)C)C(=O)NCC(=O)O. The van der Waals surface area contributed by atoms with Crippen molar-refractivity contribution in [2.75, 3.05) is 26.2 Å². The minimum absolute atomic E-state index is 0.000805. The molecule has 0 aromatic heterocycles. The summed E-state index contributed by atoms with van der Waals surface area (Å²) in [4.78, 5) is 118. The number of guanidine groups is 1. The second-order valence-corrected chi connectivity index (χ2v) is 13.8. The van der Waals surface area contributed by atoms with E-state index < -0.39 is 115 Å². The Morgan fingerprint density at radius 2 is 1.24 bits per heavy atom. The van der Waals surface area contributed by atoms with E-state index in [-0.39, 0.29) is 37.7 Å². The smallest absolute Gasteiger partial charge is 0.322 e. The molecule has 58 heavy (non-hydrogen) atoms. The van der Waals surface area contributed by atoms with Crippen LogP contribution in [0.3, 0.4) is 0 Å². The molecule has 0 aliphatic heterocycles. The largest absolute Gasteiger partial charge is 0.480 e. The minimum Gasteiger partial charge on any atom is -0.480 e. The van der Waals surface area contributed by atoms with Crippen molar-refractivity contribution in [3.63, 3.8) is 0 Å². The lowest BCUT2D eigenvalue weighted by Gasteiger charge is -2.26. The summed E-state index contributed by atoms with van der Waals surface area (Å²) in [6.07, 6.45) is 0.0280. The Morgan fingerprint density at radius 3 is 1.76 bits per heavy atom. The fraction of sp³-hybridized carbons (Fsp3) is 0.556. The van der Waals surface area contributed by atoms with Crippen molar-refractivity contribution in [1.82, 2.24) is 37.2 Å². The summed E-state index contributed by atoms with van der Waals surface area (Å²) in [6, 6.07) is 2.46. The lowest BCUT2D eigenvalue weighted by atomic mass is 9.97. The van der Waals surface area contributed by atoms with Crippen LogP contribution in [0.5, 0.6) is 0 Å². The van der Waals surface area contributed by atoms with Gasteiger partial charge in [-0.3, -0.25) is 48.1 Å². The van der Waals surface area contributed by atoms with Gasteiger partial charge in [0.15, 0.2) is 5.96 Å². The molecule has 0 spiro atoms. The Morgan fingerprint density at radius 1 is 0.690 bits per heavy atom. The molecule has 1 aromatic carbocycles. The first-order valence-electron chi connectivity index (χ1n) is 18.6. The van der Waals surface area contributed by atoms with E-state index in [1.54, 1.807) is 58.0 Å². The number of carbonyl (C=O) groups is 9. The molecule has 6 atom stereocenters. The van der Waals surface area contributed by atoms with Gasteiger partial charge in [0.25, 0.3) is 0 Å². The van der Waals surface area contributed by atoms with Gasteiger partial charge in [-0.25, -0.2) is 0 Å². The van der Waals surface area contributed by atoms with Crippen LogP contribution in [0.1, 0.15) is 58.9 Å². The van der Waals surface area contributed by atoms with E-state index in [0.717, 1.165) is 0 Å². The predicted molar refractivity (Wildman–Crippen MR) is 211 cm³/mol. The van der Waals surface area contributed by atoms with Crippen molar-refractivity contribution in [1.29, 1.82) is 0 Å². The highest BCUT2D eigenvalue weighted by Crippen LogP contribution is 2.10. The fourth-order valence-corrected chi connectivity index (χ4v) is 5.11.